The van der Waals surface area contributed by atoms with Gasteiger partial charge in [-0.15, -0.1) is 0 Å². The van der Waals surface area contributed by atoms with Crippen molar-refractivity contribution in [2.45, 2.75) is 63.1 Å². The highest BCUT2D eigenvalue weighted by atomic mass is 32.2. The van der Waals surface area contributed by atoms with E-state index in [2.05, 4.69) is 37.5 Å². The molecule has 0 fully saturated rings. The fraction of sp³-hybridized carbons (Fsp3) is 0.571. The van der Waals surface area contributed by atoms with Crippen molar-refractivity contribution in [1.29, 1.82) is 0 Å². The van der Waals surface area contributed by atoms with Crippen LogP contribution < -0.4 is 4.90 Å². The van der Waals surface area contributed by atoms with Crippen molar-refractivity contribution >= 4 is 23.4 Å². The van der Waals surface area contributed by atoms with Crippen LogP contribution in [0.5, 0.6) is 0 Å². The van der Waals surface area contributed by atoms with Gasteiger partial charge in [0.1, 0.15) is 0 Å². The number of fused-ring (bicyclic) bond motifs is 1. The Kier molecular flexibility index (Phi) is 7.37. The van der Waals surface area contributed by atoms with Crippen LogP contribution in [0.2, 0.25) is 0 Å². The number of thioether (sulfide) groups is 1. The smallest absolute Gasteiger partial charge is 0.303 e. The van der Waals surface area contributed by atoms with Gasteiger partial charge in [-0.2, -0.15) is 0 Å². The fourth-order valence-electron chi connectivity index (χ4n) is 2.87. The molecule has 0 unspecified atom stereocenters. The van der Waals surface area contributed by atoms with Crippen LogP contribution >= 0.6 is 11.8 Å². The molecule has 5 nitrogen and oxygen atoms in total. The zero-order valence-corrected chi connectivity index (χ0v) is 17.6. The topological polar surface area (TPSA) is 59.0 Å². The van der Waals surface area contributed by atoms with Crippen LogP contribution in [0, 0.1) is 0 Å². The van der Waals surface area contributed by atoms with E-state index in [0.29, 0.717) is 19.6 Å². The normalized spacial score (nSPS) is 14.5. The number of carbonyl (C=O) groups is 1. The molecule has 1 aliphatic heterocycles. The summed E-state index contributed by atoms with van der Waals surface area (Å²) in [6.07, 6.45) is 1.36. The van der Waals surface area contributed by atoms with Gasteiger partial charge in [0.2, 0.25) is 0 Å². The lowest BCUT2D eigenvalue weighted by atomic mass is 10.0. The molecule has 6 heteroatoms. The molecule has 0 saturated carbocycles. The molecule has 27 heavy (non-hydrogen) atoms. The molecule has 0 aliphatic carbocycles. The predicted octanol–water partition coefficient (Wildman–Crippen LogP) is 4.92. The largest absolute Gasteiger partial charge is 0.481 e. The number of rotatable bonds is 11. The average Bonchev–Trinajstić information content (AvgIpc) is 2.88. The second kappa shape index (κ2) is 9.13. The first-order valence-corrected chi connectivity index (χ1v) is 10.1. The van der Waals surface area contributed by atoms with Gasteiger partial charge >= 0.3 is 5.97 Å². The molecule has 1 aromatic carbocycles. The van der Waals surface area contributed by atoms with E-state index < -0.39 is 11.6 Å². The van der Waals surface area contributed by atoms with Gasteiger partial charge in [-0.05, 0) is 52.7 Å². The van der Waals surface area contributed by atoms with Gasteiger partial charge < -0.3 is 19.5 Å². The minimum atomic E-state index is -0.793. The van der Waals surface area contributed by atoms with Gasteiger partial charge in [-0.1, -0.05) is 30.5 Å². The Morgan fingerprint density at radius 2 is 1.74 bits per heavy atom. The van der Waals surface area contributed by atoms with Crippen LogP contribution in [0.1, 0.15) is 47.0 Å². The van der Waals surface area contributed by atoms with Crippen molar-refractivity contribution in [2.75, 3.05) is 24.7 Å². The number of hydrogen-bond donors (Lipinski definition) is 1. The van der Waals surface area contributed by atoms with Crippen molar-refractivity contribution < 1.29 is 19.4 Å². The molecule has 0 aromatic heterocycles. The van der Waals surface area contributed by atoms with E-state index in [0.717, 1.165) is 18.0 Å². The monoisotopic (exact) mass is 393 g/mol. The Morgan fingerprint density at radius 1 is 1.11 bits per heavy atom. The maximum atomic E-state index is 10.7. The fourth-order valence-corrected chi connectivity index (χ4v) is 3.85. The van der Waals surface area contributed by atoms with E-state index in [9.17, 15) is 4.79 Å². The Hall–Kier alpha value is -1.50. The van der Waals surface area contributed by atoms with Crippen LogP contribution in [-0.4, -0.2) is 42.0 Å². The molecule has 1 heterocycles. The summed E-state index contributed by atoms with van der Waals surface area (Å²) in [5.74, 6) is -0.793. The quantitative estimate of drug-likeness (QED) is 0.576. The molecule has 0 atom stereocenters. The summed E-state index contributed by atoms with van der Waals surface area (Å²) in [6, 6.07) is 8.30. The van der Waals surface area contributed by atoms with Crippen molar-refractivity contribution in [3.8, 4) is 0 Å². The van der Waals surface area contributed by atoms with Crippen LogP contribution in [0.15, 0.2) is 40.8 Å². The summed E-state index contributed by atoms with van der Waals surface area (Å²) in [5.41, 5.74) is 0.441. The third-order valence-electron chi connectivity index (χ3n) is 4.63. The molecule has 1 N–H and O–H groups in total. The van der Waals surface area contributed by atoms with E-state index in [1.54, 1.807) is 11.8 Å². The summed E-state index contributed by atoms with van der Waals surface area (Å²) in [4.78, 5) is 14.2. The number of carboxylic acids is 1. The van der Waals surface area contributed by atoms with Gasteiger partial charge in [0, 0.05) is 17.9 Å². The molecule has 0 amide bonds. The summed E-state index contributed by atoms with van der Waals surface area (Å²) in [7, 11) is 0. The summed E-state index contributed by atoms with van der Waals surface area (Å²) < 4.78 is 12.0. The second-order valence-corrected chi connectivity index (χ2v) is 9.09. The number of hydrogen-bond acceptors (Lipinski definition) is 5. The van der Waals surface area contributed by atoms with E-state index in [1.165, 1.54) is 10.6 Å². The zero-order valence-electron chi connectivity index (χ0n) is 16.8. The van der Waals surface area contributed by atoms with Crippen molar-refractivity contribution in [3.63, 3.8) is 0 Å². The van der Waals surface area contributed by atoms with Gasteiger partial charge in [-0.3, -0.25) is 4.79 Å². The number of para-hydroxylation sites is 1. The van der Waals surface area contributed by atoms with Crippen LogP contribution in [0.3, 0.4) is 0 Å². The summed E-state index contributed by atoms with van der Waals surface area (Å²) in [5, 5.41) is 9.84. The second-order valence-electron chi connectivity index (χ2n) is 7.98. The number of aliphatic carboxylic acids is 1. The van der Waals surface area contributed by atoms with Crippen LogP contribution in [0.4, 0.5) is 5.69 Å². The summed E-state index contributed by atoms with van der Waals surface area (Å²) in [6.45, 7) is 14.0. The molecule has 0 bridgehead atoms. The Balaban J connectivity index is 1.73. The van der Waals surface area contributed by atoms with E-state index in [-0.39, 0.29) is 12.0 Å². The van der Waals surface area contributed by atoms with Crippen LogP contribution in [-0.2, 0) is 14.3 Å². The van der Waals surface area contributed by atoms with Crippen molar-refractivity contribution in [1.82, 2.24) is 0 Å². The highest BCUT2D eigenvalue weighted by molar-refractivity contribution is 8.03. The maximum Gasteiger partial charge on any atom is 0.303 e. The van der Waals surface area contributed by atoms with Gasteiger partial charge in [0.05, 0.1) is 35.1 Å². The lowest BCUT2D eigenvalue weighted by molar-refractivity contribution is -0.139. The van der Waals surface area contributed by atoms with E-state index in [4.69, 9.17) is 14.6 Å². The lowest BCUT2D eigenvalue weighted by Gasteiger charge is -2.30. The maximum absolute atomic E-state index is 10.7. The number of ether oxygens (including phenoxy) is 2. The standard InChI is InChI=1S/C21H31NO4S/c1-16-22(17-8-6-7-9-18(17)27-16)13-15-26-21(4,5)12-14-25-20(2,3)11-10-19(23)24/h6-9H,1,10-15H2,2-5H3,(H,23,24). The van der Waals surface area contributed by atoms with Crippen molar-refractivity contribution in [3.05, 3.63) is 35.9 Å². The first-order valence-electron chi connectivity index (χ1n) is 9.33. The molecule has 1 aromatic rings. The number of carboxylic acid groups (broad SMARTS) is 1. The molecule has 1 aliphatic rings. The Bertz CT molecular complexity index is 672. The first-order chi connectivity index (χ1) is 12.6. The molecule has 0 spiro atoms. The molecule has 0 saturated heterocycles. The minimum Gasteiger partial charge on any atom is -0.481 e. The molecule has 150 valence electrons. The number of benzene rings is 1. The van der Waals surface area contributed by atoms with Gasteiger partial charge in [0.15, 0.2) is 0 Å². The lowest BCUT2D eigenvalue weighted by Crippen LogP contribution is -2.33. The van der Waals surface area contributed by atoms with Gasteiger partial charge in [0.25, 0.3) is 0 Å². The predicted molar refractivity (Wildman–Crippen MR) is 110 cm³/mol. The van der Waals surface area contributed by atoms with E-state index in [1.807, 2.05) is 26.0 Å². The van der Waals surface area contributed by atoms with Crippen LogP contribution in [0.25, 0.3) is 0 Å². The highest BCUT2D eigenvalue weighted by Gasteiger charge is 2.26. The third-order valence-corrected chi connectivity index (χ3v) is 5.65. The third kappa shape index (κ3) is 6.87. The molecular weight excluding hydrogens is 362 g/mol. The average molecular weight is 394 g/mol. The van der Waals surface area contributed by atoms with Crippen molar-refractivity contribution in [2.24, 2.45) is 0 Å². The Morgan fingerprint density at radius 3 is 2.44 bits per heavy atom. The summed E-state index contributed by atoms with van der Waals surface area (Å²) >= 11 is 1.69. The number of anilines is 1. The first kappa shape index (κ1) is 21.8. The van der Waals surface area contributed by atoms with Gasteiger partial charge in [-0.25, -0.2) is 0 Å². The number of nitrogens with zero attached hydrogens (tertiary/aromatic N) is 1. The Labute approximate surface area is 166 Å². The molecular formula is C21H31NO4S. The molecule has 0 radical (unpaired) electrons. The molecule has 2 rings (SSSR count). The van der Waals surface area contributed by atoms with E-state index >= 15 is 0 Å². The highest BCUT2D eigenvalue weighted by Crippen LogP contribution is 2.44. The minimum absolute atomic E-state index is 0.117. The zero-order chi connectivity index (χ0) is 20.1. The SMILES string of the molecule is C=C1Sc2ccccc2N1CCOC(C)(C)CCOC(C)(C)CCC(=O)O.